The summed E-state index contributed by atoms with van der Waals surface area (Å²) in [5, 5.41) is 20.5. The predicted octanol–water partition coefficient (Wildman–Crippen LogP) is 1.04. The Morgan fingerprint density at radius 2 is 2.00 bits per heavy atom. The Bertz CT molecular complexity index is 316. The molecule has 110 valence electrons. The zero-order valence-corrected chi connectivity index (χ0v) is 11.6. The summed E-state index contributed by atoms with van der Waals surface area (Å²) >= 11 is 0. The molecule has 0 radical (unpaired) electrons. The van der Waals surface area contributed by atoms with Gasteiger partial charge in [0.2, 0.25) is 0 Å². The number of aliphatic carboxylic acids is 1. The number of carboxylic acid groups (broad SMARTS) is 1. The first-order valence-corrected chi connectivity index (χ1v) is 6.85. The summed E-state index contributed by atoms with van der Waals surface area (Å²) in [7, 11) is 0. The Morgan fingerprint density at radius 1 is 1.37 bits per heavy atom. The van der Waals surface area contributed by atoms with Crippen molar-refractivity contribution in [3.63, 3.8) is 0 Å². The highest BCUT2D eigenvalue weighted by atomic mass is 16.4. The first kappa shape index (κ1) is 15.8. The molecular weight excluding hydrogens is 248 g/mol. The van der Waals surface area contributed by atoms with E-state index in [0.717, 1.165) is 12.8 Å². The Labute approximate surface area is 113 Å². The largest absolute Gasteiger partial charge is 0.481 e. The number of aliphatic hydroxyl groups is 1. The maximum Gasteiger partial charge on any atom is 0.317 e. The van der Waals surface area contributed by atoms with Crippen molar-refractivity contribution < 1.29 is 19.8 Å². The monoisotopic (exact) mass is 272 g/mol. The van der Waals surface area contributed by atoms with Crippen LogP contribution >= 0.6 is 0 Å². The second-order valence-electron chi connectivity index (χ2n) is 5.36. The van der Waals surface area contributed by atoms with Crippen molar-refractivity contribution in [3.8, 4) is 0 Å². The molecule has 1 unspecified atom stereocenters. The van der Waals surface area contributed by atoms with E-state index in [1.54, 1.807) is 4.90 Å². The minimum atomic E-state index is -0.886. The van der Waals surface area contributed by atoms with Gasteiger partial charge in [-0.25, -0.2) is 4.79 Å². The Balaban J connectivity index is 2.54. The van der Waals surface area contributed by atoms with Crippen molar-refractivity contribution in [1.82, 2.24) is 10.2 Å². The molecule has 1 saturated carbocycles. The molecule has 0 heterocycles. The molecule has 0 bridgehead atoms. The van der Waals surface area contributed by atoms with Crippen LogP contribution in [0.4, 0.5) is 4.79 Å². The standard InChI is InChI=1S/C13H24N2O4/c1-9(2)15(6-3-7-16)13(19)14-11(8-12(17)18)10-4-5-10/h9-11,16H,3-8H2,1-2H3,(H,14,19)(H,17,18). The summed E-state index contributed by atoms with van der Waals surface area (Å²) in [6.07, 6.45) is 2.47. The number of hydrogen-bond donors (Lipinski definition) is 3. The molecule has 3 N–H and O–H groups in total. The van der Waals surface area contributed by atoms with Gasteiger partial charge in [0.05, 0.1) is 6.42 Å². The number of amides is 2. The molecule has 0 aromatic rings. The quantitative estimate of drug-likeness (QED) is 0.616. The van der Waals surface area contributed by atoms with Crippen LogP contribution in [-0.4, -0.2) is 52.3 Å². The molecule has 1 atom stereocenters. The summed E-state index contributed by atoms with van der Waals surface area (Å²) < 4.78 is 0. The van der Waals surface area contributed by atoms with E-state index < -0.39 is 5.97 Å². The van der Waals surface area contributed by atoms with E-state index in [0.29, 0.717) is 18.9 Å². The second-order valence-corrected chi connectivity index (χ2v) is 5.36. The molecule has 1 fully saturated rings. The zero-order chi connectivity index (χ0) is 14.4. The summed E-state index contributed by atoms with van der Waals surface area (Å²) in [6.45, 7) is 4.32. The third-order valence-corrected chi connectivity index (χ3v) is 3.34. The first-order valence-electron chi connectivity index (χ1n) is 6.85. The zero-order valence-electron chi connectivity index (χ0n) is 11.6. The SMILES string of the molecule is CC(C)N(CCCO)C(=O)NC(CC(=O)O)C1CC1. The fraction of sp³-hybridized carbons (Fsp3) is 0.846. The highest BCUT2D eigenvalue weighted by Crippen LogP contribution is 2.34. The van der Waals surface area contributed by atoms with Crippen LogP contribution in [-0.2, 0) is 4.79 Å². The van der Waals surface area contributed by atoms with Crippen molar-refractivity contribution in [2.75, 3.05) is 13.2 Å². The Hall–Kier alpha value is -1.30. The normalized spacial score (nSPS) is 16.2. The lowest BCUT2D eigenvalue weighted by molar-refractivity contribution is -0.137. The van der Waals surface area contributed by atoms with Crippen LogP contribution in [0, 0.1) is 5.92 Å². The second kappa shape index (κ2) is 7.33. The molecule has 19 heavy (non-hydrogen) atoms. The summed E-state index contributed by atoms with van der Waals surface area (Å²) in [6, 6.07) is -0.488. The number of nitrogens with zero attached hydrogens (tertiary/aromatic N) is 1. The van der Waals surface area contributed by atoms with Gasteiger partial charge in [0.15, 0.2) is 0 Å². The first-order chi connectivity index (χ1) is 8.95. The van der Waals surface area contributed by atoms with Gasteiger partial charge in [0.1, 0.15) is 0 Å². The van der Waals surface area contributed by atoms with Gasteiger partial charge in [-0.15, -0.1) is 0 Å². The predicted molar refractivity (Wildman–Crippen MR) is 70.8 cm³/mol. The van der Waals surface area contributed by atoms with Gasteiger partial charge >= 0.3 is 12.0 Å². The van der Waals surface area contributed by atoms with Gasteiger partial charge in [-0.1, -0.05) is 0 Å². The fourth-order valence-corrected chi connectivity index (χ4v) is 2.10. The van der Waals surface area contributed by atoms with Gasteiger partial charge in [0, 0.05) is 25.2 Å². The molecule has 2 amide bonds. The van der Waals surface area contributed by atoms with Crippen LogP contribution in [0.2, 0.25) is 0 Å². The van der Waals surface area contributed by atoms with Crippen LogP contribution in [0.25, 0.3) is 0 Å². The van der Waals surface area contributed by atoms with E-state index in [-0.39, 0.29) is 31.1 Å². The van der Waals surface area contributed by atoms with Crippen molar-refractivity contribution in [2.45, 2.75) is 51.6 Å². The number of carbonyl (C=O) groups excluding carboxylic acids is 1. The maximum atomic E-state index is 12.2. The minimum Gasteiger partial charge on any atom is -0.481 e. The molecule has 0 aromatic heterocycles. The number of aliphatic hydroxyl groups excluding tert-OH is 1. The molecule has 1 aliphatic carbocycles. The summed E-state index contributed by atoms with van der Waals surface area (Å²) in [4.78, 5) is 24.6. The van der Waals surface area contributed by atoms with Crippen LogP contribution in [0.1, 0.15) is 39.5 Å². The molecule has 0 aliphatic heterocycles. The van der Waals surface area contributed by atoms with Crippen LogP contribution in [0.5, 0.6) is 0 Å². The highest BCUT2D eigenvalue weighted by molar-refractivity contribution is 5.76. The van der Waals surface area contributed by atoms with E-state index in [1.165, 1.54) is 0 Å². The number of nitrogens with one attached hydrogen (secondary N) is 1. The lowest BCUT2D eigenvalue weighted by Gasteiger charge is -2.29. The average molecular weight is 272 g/mol. The number of carboxylic acids is 1. The van der Waals surface area contributed by atoms with E-state index in [4.69, 9.17) is 10.2 Å². The summed E-state index contributed by atoms with van der Waals surface area (Å²) in [5.74, 6) is -0.587. The van der Waals surface area contributed by atoms with E-state index in [1.807, 2.05) is 13.8 Å². The van der Waals surface area contributed by atoms with Crippen LogP contribution in [0.15, 0.2) is 0 Å². The molecule has 1 rings (SSSR count). The third kappa shape index (κ3) is 5.46. The molecule has 1 aliphatic rings. The molecule has 6 heteroatoms. The Morgan fingerprint density at radius 3 is 2.42 bits per heavy atom. The van der Waals surface area contributed by atoms with Gasteiger partial charge in [-0.2, -0.15) is 0 Å². The highest BCUT2D eigenvalue weighted by Gasteiger charge is 2.34. The van der Waals surface area contributed by atoms with E-state index in [2.05, 4.69) is 5.32 Å². The van der Waals surface area contributed by atoms with Crippen LogP contribution in [0.3, 0.4) is 0 Å². The number of rotatable bonds is 8. The van der Waals surface area contributed by atoms with Gasteiger partial charge in [-0.3, -0.25) is 4.79 Å². The number of urea groups is 1. The maximum absolute atomic E-state index is 12.2. The molecule has 0 spiro atoms. The third-order valence-electron chi connectivity index (χ3n) is 3.34. The smallest absolute Gasteiger partial charge is 0.317 e. The topological polar surface area (TPSA) is 89.9 Å². The van der Waals surface area contributed by atoms with Crippen molar-refractivity contribution >= 4 is 12.0 Å². The van der Waals surface area contributed by atoms with Gasteiger partial charge in [0.25, 0.3) is 0 Å². The molecule has 6 nitrogen and oxygen atoms in total. The van der Waals surface area contributed by atoms with Crippen LogP contribution < -0.4 is 5.32 Å². The van der Waals surface area contributed by atoms with Crippen molar-refractivity contribution in [2.24, 2.45) is 5.92 Å². The average Bonchev–Trinajstić information content (AvgIpc) is 3.11. The molecule has 0 saturated heterocycles. The molecular formula is C13H24N2O4. The number of carbonyl (C=O) groups is 2. The van der Waals surface area contributed by atoms with E-state index >= 15 is 0 Å². The van der Waals surface area contributed by atoms with Gasteiger partial charge in [-0.05, 0) is 39.0 Å². The number of hydrogen-bond acceptors (Lipinski definition) is 3. The lowest BCUT2D eigenvalue weighted by atomic mass is 10.1. The lowest BCUT2D eigenvalue weighted by Crippen LogP contribution is -2.49. The Kier molecular flexibility index (Phi) is 6.08. The van der Waals surface area contributed by atoms with E-state index in [9.17, 15) is 9.59 Å². The fourth-order valence-electron chi connectivity index (χ4n) is 2.10. The molecule has 0 aromatic carbocycles. The minimum absolute atomic E-state index is 0.0243. The van der Waals surface area contributed by atoms with Crippen molar-refractivity contribution in [1.29, 1.82) is 0 Å². The van der Waals surface area contributed by atoms with Crippen molar-refractivity contribution in [3.05, 3.63) is 0 Å². The summed E-state index contributed by atoms with van der Waals surface area (Å²) in [5.41, 5.74) is 0. The van der Waals surface area contributed by atoms with Gasteiger partial charge < -0.3 is 20.4 Å².